The van der Waals surface area contributed by atoms with E-state index in [9.17, 15) is 4.79 Å². The number of halogens is 2. The van der Waals surface area contributed by atoms with Gasteiger partial charge in [-0.1, -0.05) is 37.0 Å². The number of hydrogen-bond donors (Lipinski definition) is 1. The molecule has 2 aromatic carbocycles. The third kappa shape index (κ3) is 6.83. The molecule has 8 heteroatoms. The lowest BCUT2D eigenvalue weighted by Crippen LogP contribution is -2.14. The molecule has 0 aliphatic rings. The molecular formula is C22H27Cl2N3O2S. The fourth-order valence-electron chi connectivity index (χ4n) is 2.46. The minimum absolute atomic E-state index is 0.318. The molecule has 0 saturated carbocycles. The molecular weight excluding hydrogens is 441 g/mol. The summed E-state index contributed by atoms with van der Waals surface area (Å²) in [6.07, 6.45) is 1.71. The van der Waals surface area contributed by atoms with E-state index >= 15 is 0 Å². The summed E-state index contributed by atoms with van der Waals surface area (Å²) < 4.78 is 5.22. The van der Waals surface area contributed by atoms with Gasteiger partial charge in [0.2, 0.25) is 0 Å². The fraction of sp³-hybridized carbons (Fsp3) is 0.364. The third-order valence-corrected chi connectivity index (χ3v) is 5.74. The Balaban J connectivity index is 2.33. The summed E-state index contributed by atoms with van der Waals surface area (Å²) in [6, 6.07) is 9.02. The Morgan fingerprint density at radius 3 is 2.60 bits per heavy atom. The summed E-state index contributed by atoms with van der Waals surface area (Å²) in [6.45, 7) is 9.13. The molecule has 162 valence electrons. The van der Waals surface area contributed by atoms with Crippen molar-refractivity contribution in [3.63, 3.8) is 0 Å². The number of rotatable bonds is 9. The lowest BCUT2D eigenvalue weighted by Gasteiger charge is -2.15. The maximum atomic E-state index is 12.4. The zero-order valence-corrected chi connectivity index (χ0v) is 20.2. The number of aliphatic imine (C=N–C) groups is 1. The van der Waals surface area contributed by atoms with Crippen LogP contribution in [0, 0.1) is 0 Å². The van der Waals surface area contributed by atoms with Crippen molar-refractivity contribution < 1.29 is 9.53 Å². The van der Waals surface area contributed by atoms with E-state index in [1.807, 2.05) is 31.0 Å². The SMILES string of the molecule is CCOC(=O)c1cc(Nc2cc(Cl)c(N=CN(C)CC)cc2Cl)ccc1SC(C)C. The molecule has 1 N–H and O–H groups in total. The molecule has 2 aromatic rings. The second-order valence-corrected chi connectivity index (χ2v) is 9.26. The van der Waals surface area contributed by atoms with E-state index in [0.29, 0.717) is 44.5 Å². The van der Waals surface area contributed by atoms with E-state index in [4.69, 9.17) is 27.9 Å². The molecule has 0 heterocycles. The van der Waals surface area contributed by atoms with Gasteiger partial charge in [0.05, 0.1) is 39.9 Å². The summed E-state index contributed by atoms with van der Waals surface area (Å²) in [7, 11) is 1.93. The number of ether oxygens (including phenoxy) is 1. The Labute approximate surface area is 192 Å². The molecule has 5 nitrogen and oxygen atoms in total. The Morgan fingerprint density at radius 1 is 1.23 bits per heavy atom. The number of carbonyl (C=O) groups excluding carboxylic acids is 1. The van der Waals surface area contributed by atoms with Gasteiger partial charge in [-0.25, -0.2) is 9.79 Å². The van der Waals surface area contributed by atoms with Crippen molar-refractivity contribution in [2.24, 2.45) is 4.99 Å². The van der Waals surface area contributed by atoms with Crippen LogP contribution in [0.1, 0.15) is 38.1 Å². The van der Waals surface area contributed by atoms with Gasteiger partial charge in [0.25, 0.3) is 0 Å². The minimum Gasteiger partial charge on any atom is -0.462 e. The number of anilines is 2. The highest BCUT2D eigenvalue weighted by Crippen LogP contribution is 2.37. The summed E-state index contributed by atoms with van der Waals surface area (Å²) in [5.74, 6) is -0.349. The summed E-state index contributed by atoms with van der Waals surface area (Å²) in [5.41, 5.74) is 2.45. The molecule has 0 radical (unpaired) electrons. The van der Waals surface area contributed by atoms with E-state index in [2.05, 4.69) is 24.2 Å². The third-order valence-electron chi connectivity index (χ3n) is 4.05. The smallest absolute Gasteiger partial charge is 0.339 e. The fourth-order valence-corrected chi connectivity index (χ4v) is 3.80. The van der Waals surface area contributed by atoms with Crippen molar-refractivity contribution in [2.45, 2.75) is 37.8 Å². The lowest BCUT2D eigenvalue weighted by molar-refractivity contribution is 0.0522. The molecule has 0 unspecified atom stereocenters. The second-order valence-electron chi connectivity index (χ2n) is 6.82. The topological polar surface area (TPSA) is 53.9 Å². The van der Waals surface area contributed by atoms with Gasteiger partial charge in [0, 0.05) is 29.4 Å². The van der Waals surface area contributed by atoms with Crippen LogP contribution >= 0.6 is 35.0 Å². The molecule has 0 saturated heterocycles. The first-order valence-electron chi connectivity index (χ1n) is 9.73. The van der Waals surface area contributed by atoms with Gasteiger partial charge in [-0.3, -0.25) is 0 Å². The highest BCUT2D eigenvalue weighted by molar-refractivity contribution is 8.00. The maximum Gasteiger partial charge on any atom is 0.339 e. The van der Waals surface area contributed by atoms with Gasteiger partial charge in [-0.05, 0) is 44.2 Å². The zero-order chi connectivity index (χ0) is 22.3. The van der Waals surface area contributed by atoms with Gasteiger partial charge in [0.15, 0.2) is 0 Å². The van der Waals surface area contributed by atoms with Crippen molar-refractivity contribution in [1.82, 2.24) is 4.90 Å². The van der Waals surface area contributed by atoms with Crippen molar-refractivity contribution in [2.75, 3.05) is 25.5 Å². The Bertz CT molecular complexity index is 919. The predicted octanol–water partition coefficient (Wildman–Crippen LogP) is 7.03. The largest absolute Gasteiger partial charge is 0.462 e. The number of esters is 1. The van der Waals surface area contributed by atoms with Crippen molar-refractivity contribution in [3.05, 3.63) is 45.9 Å². The number of benzene rings is 2. The molecule has 0 aliphatic carbocycles. The van der Waals surface area contributed by atoms with Crippen molar-refractivity contribution >= 4 is 64.3 Å². The molecule has 0 atom stereocenters. The Morgan fingerprint density at radius 2 is 1.97 bits per heavy atom. The van der Waals surface area contributed by atoms with Gasteiger partial charge < -0.3 is 15.0 Å². The zero-order valence-electron chi connectivity index (χ0n) is 17.8. The quantitative estimate of drug-likeness (QED) is 0.185. The van der Waals surface area contributed by atoms with Crippen LogP contribution in [0.4, 0.5) is 17.1 Å². The number of carbonyl (C=O) groups is 1. The van der Waals surface area contributed by atoms with Crippen LogP contribution in [0.5, 0.6) is 0 Å². The van der Waals surface area contributed by atoms with E-state index in [-0.39, 0.29) is 5.97 Å². The molecule has 0 spiro atoms. The summed E-state index contributed by atoms with van der Waals surface area (Å²) >= 11 is 14.5. The van der Waals surface area contributed by atoms with Gasteiger partial charge in [-0.15, -0.1) is 11.8 Å². The van der Waals surface area contributed by atoms with Crippen LogP contribution in [0.2, 0.25) is 10.0 Å². The standard InChI is InChI=1S/C22H27Cl2N3O2S/c1-6-27(5)13-25-19-11-18(24)20(12-17(19)23)26-15-8-9-21(30-14(3)4)16(10-15)22(28)29-7-2/h8-14,26H,6-7H2,1-5H3. The first kappa shape index (κ1) is 24.4. The minimum atomic E-state index is -0.349. The molecule has 0 aliphatic heterocycles. The van der Waals surface area contributed by atoms with Crippen LogP contribution in [-0.2, 0) is 4.74 Å². The van der Waals surface area contributed by atoms with Gasteiger partial charge >= 0.3 is 5.97 Å². The first-order chi connectivity index (χ1) is 14.2. The monoisotopic (exact) mass is 467 g/mol. The van der Waals surface area contributed by atoms with Crippen LogP contribution < -0.4 is 5.32 Å². The van der Waals surface area contributed by atoms with Crippen LogP contribution in [0.25, 0.3) is 0 Å². The van der Waals surface area contributed by atoms with Crippen LogP contribution in [-0.4, -0.2) is 42.7 Å². The van der Waals surface area contributed by atoms with E-state index < -0.39 is 0 Å². The van der Waals surface area contributed by atoms with Gasteiger partial charge in [0.1, 0.15) is 0 Å². The van der Waals surface area contributed by atoms with Crippen LogP contribution in [0.3, 0.4) is 0 Å². The molecule has 2 rings (SSSR count). The Hall–Kier alpha value is -1.89. The highest BCUT2D eigenvalue weighted by atomic mass is 35.5. The molecule has 0 fully saturated rings. The summed E-state index contributed by atoms with van der Waals surface area (Å²) in [4.78, 5) is 19.6. The second kappa shape index (κ2) is 11.5. The maximum absolute atomic E-state index is 12.4. The number of nitrogens with zero attached hydrogens (tertiary/aromatic N) is 2. The highest BCUT2D eigenvalue weighted by Gasteiger charge is 2.16. The number of thioether (sulfide) groups is 1. The van der Waals surface area contributed by atoms with Crippen molar-refractivity contribution in [1.29, 1.82) is 0 Å². The van der Waals surface area contributed by atoms with E-state index in [0.717, 1.165) is 11.4 Å². The van der Waals surface area contributed by atoms with E-state index in [1.165, 1.54) is 0 Å². The Kier molecular flexibility index (Phi) is 9.34. The molecule has 30 heavy (non-hydrogen) atoms. The normalized spacial score (nSPS) is 11.2. The number of nitrogens with one attached hydrogen (secondary N) is 1. The molecule has 0 amide bonds. The average molecular weight is 468 g/mol. The average Bonchev–Trinajstić information content (AvgIpc) is 2.70. The van der Waals surface area contributed by atoms with Gasteiger partial charge in [-0.2, -0.15) is 0 Å². The van der Waals surface area contributed by atoms with Crippen LogP contribution in [0.15, 0.2) is 40.2 Å². The lowest BCUT2D eigenvalue weighted by atomic mass is 10.2. The summed E-state index contributed by atoms with van der Waals surface area (Å²) in [5, 5.41) is 4.52. The van der Waals surface area contributed by atoms with E-state index in [1.54, 1.807) is 43.2 Å². The molecule has 0 aromatic heterocycles. The molecule has 0 bridgehead atoms. The first-order valence-corrected chi connectivity index (χ1v) is 11.4. The predicted molar refractivity (Wildman–Crippen MR) is 130 cm³/mol. The number of hydrogen-bond acceptors (Lipinski definition) is 5. The van der Waals surface area contributed by atoms with Crippen molar-refractivity contribution in [3.8, 4) is 0 Å².